The number of carbonyl (C=O) groups is 3. The Balaban J connectivity index is 1.74. The van der Waals surface area contributed by atoms with Gasteiger partial charge in [-0.25, -0.2) is 9.59 Å². The number of urea groups is 1. The van der Waals surface area contributed by atoms with Gasteiger partial charge in [0.15, 0.2) is 6.61 Å². The fraction of sp³-hybridized carbons (Fsp3) is 0.348. The van der Waals surface area contributed by atoms with E-state index in [2.05, 4.69) is 16.0 Å². The third-order valence-corrected chi connectivity index (χ3v) is 4.48. The van der Waals surface area contributed by atoms with Crippen LogP contribution in [0.15, 0.2) is 54.6 Å². The zero-order valence-corrected chi connectivity index (χ0v) is 18.0. The Morgan fingerprint density at radius 2 is 1.65 bits per heavy atom. The van der Waals surface area contributed by atoms with Crippen molar-refractivity contribution in [2.75, 3.05) is 25.6 Å². The average molecular weight is 428 g/mol. The molecule has 0 aliphatic heterocycles. The third-order valence-electron chi connectivity index (χ3n) is 4.48. The van der Waals surface area contributed by atoms with Gasteiger partial charge in [-0.2, -0.15) is 0 Å². The Morgan fingerprint density at radius 3 is 2.26 bits per heavy atom. The summed E-state index contributed by atoms with van der Waals surface area (Å²) in [4.78, 5) is 36.5. The number of hydrogen-bond acceptors (Lipinski definition) is 5. The number of para-hydroxylation sites is 1. The fourth-order valence-corrected chi connectivity index (χ4v) is 2.74. The van der Waals surface area contributed by atoms with Gasteiger partial charge in [0.1, 0.15) is 11.8 Å². The van der Waals surface area contributed by atoms with Crippen molar-refractivity contribution in [3.63, 3.8) is 0 Å². The number of methoxy groups -OCH3 is 1. The Hall–Kier alpha value is -3.55. The maximum absolute atomic E-state index is 12.4. The molecule has 31 heavy (non-hydrogen) atoms. The molecule has 0 spiro atoms. The first kappa shape index (κ1) is 23.7. The summed E-state index contributed by atoms with van der Waals surface area (Å²) in [7, 11) is 1.60. The lowest BCUT2D eigenvalue weighted by Crippen LogP contribution is -2.47. The normalized spacial score (nSPS) is 11.4. The Kier molecular flexibility index (Phi) is 9.35. The van der Waals surface area contributed by atoms with Crippen LogP contribution in [0.5, 0.6) is 5.75 Å². The first-order chi connectivity index (χ1) is 14.9. The number of anilines is 1. The van der Waals surface area contributed by atoms with E-state index in [0.717, 1.165) is 11.3 Å². The van der Waals surface area contributed by atoms with Crippen molar-refractivity contribution >= 4 is 23.6 Å². The lowest BCUT2D eigenvalue weighted by atomic mass is 10.1. The fourth-order valence-electron chi connectivity index (χ4n) is 2.74. The maximum atomic E-state index is 12.4. The molecule has 0 saturated carbocycles. The van der Waals surface area contributed by atoms with Gasteiger partial charge in [0.25, 0.3) is 5.91 Å². The standard InChI is InChI=1S/C23H29N3O5/c1-16(2)21(26-23(29)25-18-7-5-4-6-8-18)22(28)31-15-20(27)24-14-13-17-9-11-19(30-3)12-10-17/h4-12,16,21H,13-15H2,1-3H3,(H,24,27)(H2,25,26,29)/t21-/m1/s1. The van der Waals surface area contributed by atoms with Gasteiger partial charge in [-0.3, -0.25) is 4.79 Å². The lowest BCUT2D eigenvalue weighted by molar-refractivity contribution is -0.151. The van der Waals surface area contributed by atoms with Gasteiger partial charge in [-0.15, -0.1) is 0 Å². The van der Waals surface area contributed by atoms with E-state index in [4.69, 9.17) is 9.47 Å². The van der Waals surface area contributed by atoms with Gasteiger partial charge in [-0.1, -0.05) is 44.2 Å². The minimum Gasteiger partial charge on any atom is -0.497 e. The largest absolute Gasteiger partial charge is 0.497 e. The first-order valence-corrected chi connectivity index (χ1v) is 10.1. The van der Waals surface area contributed by atoms with E-state index in [-0.39, 0.29) is 5.92 Å². The molecule has 1 atom stereocenters. The van der Waals surface area contributed by atoms with E-state index in [1.807, 2.05) is 30.3 Å². The Morgan fingerprint density at radius 1 is 0.968 bits per heavy atom. The lowest BCUT2D eigenvalue weighted by Gasteiger charge is -2.21. The second-order valence-electron chi connectivity index (χ2n) is 7.24. The molecule has 166 valence electrons. The van der Waals surface area contributed by atoms with Crippen LogP contribution in [0.4, 0.5) is 10.5 Å². The summed E-state index contributed by atoms with van der Waals surface area (Å²) < 4.78 is 10.2. The highest BCUT2D eigenvalue weighted by atomic mass is 16.5. The summed E-state index contributed by atoms with van der Waals surface area (Å²) in [6.07, 6.45) is 0.638. The van der Waals surface area contributed by atoms with E-state index < -0.39 is 30.6 Å². The number of esters is 1. The molecule has 2 aromatic rings. The molecule has 2 aromatic carbocycles. The zero-order valence-electron chi connectivity index (χ0n) is 18.0. The summed E-state index contributed by atoms with van der Waals surface area (Å²) in [5, 5.41) is 7.96. The topological polar surface area (TPSA) is 106 Å². The van der Waals surface area contributed by atoms with Crippen molar-refractivity contribution < 1.29 is 23.9 Å². The van der Waals surface area contributed by atoms with Crippen LogP contribution in [-0.2, 0) is 20.7 Å². The van der Waals surface area contributed by atoms with Crippen LogP contribution >= 0.6 is 0 Å². The monoisotopic (exact) mass is 427 g/mol. The second kappa shape index (κ2) is 12.2. The molecule has 0 unspecified atom stereocenters. The van der Waals surface area contributed by atoms with E-state index in [0.29, 0.717) is 18.7 Å². The van der Waals surface area contributed by atoms with Gasteiger partial charge < -0.3 is 25.4 Å². The van der Waals surface area contributed by atoms with Gasteiger partial charge in [0, 0.05) is 12.2 Å². The molecule has 0 fully saturated rings. The van der Waals surface area contributed by atoms with Crippen LogP contribution in [0.25, 0.3) is 0 Å². The van der Waals surface area contributed by atoms with Crippen LogP contribution in [0, 0.1) is 5.92 Å². The highest BCUT2D eigenvalue weighted by molar-refractivity contribution is 5.93. The molecule has 2 rings (SSSR count). The molecule has 3 N–H and O–H groups in total. The molecule has 8 heteroatoms. The molecule has 0 bridgehead atoms. The van der Waals surface area contributed by atoms with Crippen molar-refractivity contribution in [1.29, 1.82) is 0 Å². The summed E-state index contributed by atoms with van der Waals surface area (Å²) in [5.41, 5.74) is 1.65. The molecular formula is C23H29N3O5. The number of nitrogens with one attached hydrogen (secondary N) is 3. The van der Waals surface area contributed by atoms with E-state index in [9.17, 15) is 14.4 Å². The minimum absolute atomic E-state index is 0.216. The zero-order chi connectivity index (χ0) is 22.6. The van der Waals surface area contributed by atoms with Crippen LogP contribution < -0.4 is 20.7 Å². The number of carbonyl (C=O) groups excluding carboxylic acids is 3. The molecule has 0 aliphatic carbocycles. The maximum Gasteiger partial charge on any atom is 0.329 e. The number of rotatable bonds is 10. The van der Waals surface area contributed by atoms with Gasteiger partial charge in [0.05, 0.1) is 7.11 Å². The van der Waals surface area contributed by atoms with Gasteiger partial charge in [0.2, 0.25) is 0 Å². The number of benzene rings is 2. The van der Waals surface area contributed by atoms with Crippen LogP contribution in [-0.4, -0.2) is 44.2 Å². The first-order valence-electron chi connectivity index (χ1n) is 10.1. The number of ether oxygens (including phenoxy) is 2. The van der Waals surface area contributed by atoms with Crippen LogP contribution in [0.1, 0.15) is 19.4 Å². The predicted octanol–water partition coefficient (Wildman–Crippen LogP) is 2.74. The second-order valence-corrected chi connectivity index (χ2v) is 7.24. The smallest absolute Gasteiger partial charge is 0.329 e. The van der Waals surface area contributed by atoms with Crippen molar-refractivity contribution in [1.82, 2.24) is 10.6 Å². The number of amides is 3. The SMILES string of the molecule is COc1ccc(CCNC(=O)COC(=O)[C@H](NC(=O)Nc2ccccc2)C(C)C)cc1. The highest BCUT2D eigenvalue weighted by Crippen LogP contribution is 2.11. The summed E-state index contributed by atoms with van der Waals surface area (Å²) >= 11 is 0. The van der Waals surface area contributed by atoms with Crippen molar-refractivity contribution in [3.8, 4) is 5.75 Å². The molecular weight excluding hydrogens is 398 g/mol. The van der Waals surface area contributed by atoms with E-state index in [1.54, 1.807) is 45.2 Å². The summed E-state index contributed by atoms with van der Waals surface area (Å²) in [5.74, 6) is -0.515. The quantitative estimate of drug-likeness (QED) is 0.506. The average Bonchev–Trinajstić information content (AvgIpc) is 2.76. The van der Waals surface area contributed by atoms with E-state index in [1.165, 1.54) is 0 Å². The van der Waals surface area contributed by atoms with Crippen molar-refractivity contribution in [2.24, 2.45) is 5.92 Å². The Labute approximate surface area is 182 Å². The van der Waals surface area contributed by atoms with Crippen LogP contribution in [0.2, 0.25) is 0 Å². The third kappa shape index (κ3) is 8.38. The molecule has 0 aliphatic rings. The van der Waals surface area contributed by atoms with Gasteiger partial charge >= 0.3 is 12.0 Å². The molecule has 0 saturated heterocycles. The number of hydrogen-bond donors (Lipinski definition) is 3. The summed E-state index contributed by atoms with van der Waals surface area (Å²) in [6.45, 7) is 3.56. The molecule has 8 nitrogen and oxygen atoms in total. The van der Waals surface area contributed by atoms with Gasteiger partial charge in [-0.05, 0) is 42.2 Å². The van der Waals surface area contributed by atoms with Crippen LogP contribution in [0.3, 0.4) is 0 Å². The Bertz CT molecular complexity index is 853. The minimum atomic E-state index is -0.879. The summed E-state index contributed by atoms with van der Waals surface area (Å²) in [6, 6.07) is 15.0. The van der Waals surface area contributed by atoms with Crippen molar-refractivity contribution in [2.45, 2.75) is 26.3 Å². The predicted molar refractivity (Wildman–Crippen MR) is 118 cm³/mol. The van der Waals surface area contributed by atoms with Crippen molar-refractivity contribution in [3.05, 3.63) is 60.2 Å². The molecule has 0 heterocycles. The molecule has 3 amide bonds. The molecule has 0 radical (unpaired) electrons. The molecule has 0 aromatic heterocycles. The van der Waals surface area contributed by atoms with E-state index >= 15 is 0 Å². The highest BCUT2D eigenvalue weighted by Gasteiger charge is 2.26.